The zero-order valence-corrected chi connectivity index (χ0v) is 12.6. The lowest BCUT2D eigenvalue weighted by molar-refractivity contribution is -0.137. The van der Waals surface area contributed by atoms with Crippen molar-refractivity contribution in [1.82, 2.24) is 0 Å². The predicted molar refractivity (Wildman–Crippen MR) is 80.5 cm³/mol. The molecule has 1 aliphatic rings. The van der Waals surface area contributed by atoms with Gasteiger partial charge in [0.2, 0.25) is 0 Å². The lowest BCUT2D eigenvalue weighted by atomic mass is 9.99. The number of hydrogen-bond acceptors (Lipinski definition) is 3. The molecule has 0 spiro atoms. The van der Waals surface area contributed by atoms with Crippen LogP contribution in [0.1, 0.15) is 39.2 Å². The van der Waals surface area contributed by atoms with Gasteiger partial charge in [-0.1, -0.05) is 12.1 Å². The van der Waals surface area contributed by atoms with Gasteiger partial charge < -0.3 is 15.4 Å². The van der Waals surface area contributed by atoms with Crippen LogP contribution in [0.5, 0.6) is 0 Å². The molecule has 0 aliphatic carbocycles. The van der Waals surface area contributed by atoms with Crippen LogP contribution in [0.3, 0.4) is 0 Å². The van der Waals surface area contributed by atoms with Crippen molar-refractivity contribution in [2.75, 3.05) is 11.5 Å². The standard InChI is InChI=1S/C16H24N2O2/c1-12(2)18(14-7-5-13(11-17)6-8-14)15(19)16(3)9-4-10-20-16/h5-8,12H,4,9-11,17H2,1-3H3. The Bertz CT molecular complexity index is 462. The van der Waals surface area contributed by atoms with Crippen molar-refractivity contribution in [3.63, 3.8) is 0 Å². The minimum Gasteiger partial charge on any atom is -0.365 e. The first kappa shape index (κ1) is 15.0. The van der Waals surface area contributed by atoms with Gasteiger partial charge in [-0.05, 0) is 51.3 Å². The van der Waals surface area contributed by atoms with Crippen LogP contribution in [-0.2, 0) is 16.1 Å². The molecule has 0 aromatic heterocycles. The number of hydrogen-bond donors (Lipinski definition) is 1. The van der Waals surface area contributed by atoms with Crippen LogP contribution in [0.25, 0.3) is 0 Å². The maximum Gasteiger partial charge on any atom is 0.259 e. The molecule has 1 aliphatic heterocycles. The molecule has 1 heterocycles. The molecule has 1 atom stereocenters. The number of carbonyl (C=O) groups is 1. The number of ether oxygens (including phenoxy) is 1. The molecule has 1 amide bonds. The molecular formula is C16H24N2O2. The molecule has 4 nitrogen and oxygen atoms in total. The van der Waals surface area contributed by atoms with Gasteiger partial charge in [-0.3, -0.25) is 4.79 Å². The number of nitrogens with zero attached hydrogens (tertiary/aromatic N) is 1. The summed E-state index contributed by atoms with van der Waals surface area (Å²) in [6, 6.07) is 7.94. The summed E-state index contributed by atoms with van der Waals surface area (Å²) < 4.78 is 5.69. The smallest absolute Gasteiger partial charge is 0.259 e. The van der Waals surface area contributed by atoms with E-state index in [4.69, 9.17) is 10.5 Å². The monoisotopic (exact) mass is 276 g/mol. The Hall–Kier alpha value is -1.39. The van der Waals surface area contributed by atoms with Crippen molar-refractivity contribution < 1.29 is 9.53 Å². The molecule has 1 saturated heterocycles. The Morgan fingerprint density at radius 2 is 2.05 bits per heavy atom. The van der Waals surface area contributed by atoms with Crippen LogP contribution in [0.4, 0.5) is 5.69 Å². The van der Waals surface area contributed by atoms with Crippen LogP contribution < -0.4 is 10.6 Å². The van der Waals surface area contributed by atoms with Gasteiger partial charge in [0.05, 0.1) is 0 Å². The topological polar surface area (TPSA) is 55.6 Å². The average molecular weight is 276 g/mol. The zero-order chi connectivity index (χ0) is 14.8. The fourth-order valence-corrected chi connectivity index (χ4v) is 2.65. The Balaban J connectivity index is 2.28. The van der Waals surface area contributed by atoms with Crippen molar-refractivity contribution in [2.45, 2.75) is 51.8 Å². The van der Waals surface area contributed by atoms with E-state index in [1.807, 2.05) is 49.9 Å². The van der Waals surface area contributed by atoms with Crippen LogP contribution in [0, 0.1) is 0 Å². The van der Waals surface area contributed by atoms with E-state index in [9.17, 15) is 4.79 Å². The number of anilines is 1. The summed E-state index contributed by atoms with van der Waals surface area (Å²) in [5, 5.41) is 0. The van der Waals surface area contributed by atoms with E-state index in [1.165, 1.54) is 0 Å². The van der Waals surface area contributed by atoms with Crippen LogP contribution in [0.2, 0.25) is 0 Å². The first-order valence-electron chi connectivity index (χ1n) is 7.24. The first-order valence-corrected chi connectivity index (χ1v) is 7.24. The maximum atomic E-state index is 12.8. The third-order valence-electron chi connectivity index (χ3n) is 3.86. The summed E-state index contributed by atoms with van der Waals surface area (Å²) in [6.07, 6.45) is 1.73. The summed E-state index contributed by atoms with van der Waals surface area (Å²) in [5.74, 6) is 0.0468. The Kier molecular flexibility index (Phi) is 4.45. The first-order chi connectivity index (χ1) is 9.48. The van der Waals surface area contributed by atoms with Gasteiger partial charge in [-0.2, -0.15) is 0 Å². The quantitative estimate of drug-likeness (QED) is 0.919. The van der Waals surface area contributed by atoms with Crippen molar-refractivity contribution in [3.8, 4) is 0 Å². The van der Waals surface area contributed by atoms with Crippen LogP contribution in [0.15, 0.2) is 24.3 Å². The van der Waals surface area contributed by atoms with Gasteiger partial charge in [0.1, 0.15) is 5.60 Å². The fourth-order valence-electron chi connectivity index (χ4n) is 2.65. The van der Waals surface area contributed by atoms with Crippen molar-refractivity contribution >= 4 is 11.6 Å². The second-order valence-electron chi connectivity index (χ2n) is 5.82. The van der Waals surface area contributed by atoms with E-state index in [0.717, 1.165) is 24.1 Å². The van der Waals surface area contributed by atoms with E-state index in [-0.39, 0.29) is 11.9 Å². The van der Waals surface area contributed by atoms with Gasteiger partial charge in [-0.15, -0.1) is 0 Å². The number of rotatable bonds is 4. The van der Waals surface area contributed by atoms with Gasteiger partial charge >= 0.3 is 0 Å². The normalized spacial score (nSPS) is 22.2. The highest BCUT2D eigenvalue weighted by molar-refractivity contribution is 5.99. The molecule has 20 heavy (non-hydrogen) atoms. The van der Waals surface area contributed by atoms with E-state index >= 15 is 0 Å². The molecule has 1 fully saturated rings. The van der Waals surface area contributed by atoms with Crippen LogP contribution in [-0.4, -0.2) is 24.2 Å². The van der Waals surface area contributed by atoms with E-state index < -0.39 is 5.60 Å². The van der Waals surface area contributed by atoms with Gasteiger partial charge in [0.15, 0.2) is 0 Å². The highest BCUT2D eigenvalue weighted by Crippen LogP contribution is 2.30. The summed E-state index contributed by atoms with van der Waals surface area (Å²) in [6.45, 7) is 7.11. The summed E-state index contributed by atoms with van der Waals surface area (Å²) in [4.78, 5) is 14.7. The van der Waals surface area contributed by atoms with E-state index in [0.29, 0.717) is 13.2 Å². The predicted octanol–water partition coefficient (Wildman–Crippen LogP) is 2.46. The Labute approximate surface area is 120 Å². The molecule has 4 heteroatoms. The van der Waals surface area contributed by atoms with E-state index in [1.54, 1.807) is 0 Å². The SMILES string of the molecule is CC(C)N(C(=O)C1(C)CCCO1)c1ccc(CN)cc1. The molecule has 1 unspecified atom stereocenters. The molecule has 0 radical (unpaired) electrons. The van der Waals surface area contributed by atoms with Crippen LogP contribution >= 0.6 is 0 Å². The third kappa shape index (κ3) is 2.86. The molecule has 1 aromatic rings. The van der Waals surface area contributed by atoms with Gasteiger partial charge in [-0.25, -0.2) is 0 Å². The van der Waals surface area contributed by atoms with Crippen molar-refractivity contribution in [1.29, 1.82) is 0 Å². The number of amides is 1. The summed E-state index contributed by atoms with van der Waals surface area (Å²) in [5.41, 5.74) is 6.90. The highest BCUT2D eigenvalue weighted by Gasteiger charge is 2.41. The Morgan fingerprint density at radius 3 is 2.50 bits per heavy atom. The zero-order valence-electron chi connectivity index (χ0n) is 12.6. The maximum absolute atomic E-state index is 12.8. The lowest BCUT2D eigenvalue weighted by Crippen LogP contribution is -2.49. The minimum absolute atomic E-state index is 0.0468. The number of carbonyl (C=O) groups excluding carboxylic acids is 1. The Morgan fingerprint density at radius 1 is 1.40 bits per heavy atom. The second-order valence-corrected chi connectivity index (χ2v) is 5.82. The second kappa shape index (κ2) is 5.94. The molecule has 110 valence electrons. The van der Waals surface area contributed by atoms with Gasteiger partial charge in [0.25, 0.3) is 5.91 Å². The van der Waals surface area contributed by atoms with E-state index in [2.05, 4.69) is 0 Å². The molecule has 0 bridgehead atoms. The molecule has 1 aromatic carbocycles. The summed E-state index contributed by atoms with van der Waals surface area (Å²) in [7, 11) is 0. The molecule has 0 saturated carbocycles. The highest BCUT2D eigenvalue weighted by atomic mass is 16.5. The summed E-state index contributed by atoms with van der Waals surface area (Å²) >= 11 is 0. The average Bonchev–Trinajstić information content (AvgIpc) is 2.87. The van der Waals surface area contributed by atoms with Crippen molar-refractivity contribution in [3.05, 3.63) is 29.8 Å². The molecule has 2 N–H and O–H groups in total. The third-order valence-corrected chi connectivity index (χ3v) is 3.86. The molecule has 2 rings (SSSR count). The largest absolute Gasteiger partial charge is 0.365 e. The van der Waals surface area contributed by atoms with Crippen molar-refractivity contribution in [2.24, 2.45) is 5.73 Å². The fraction of sp³-hybridized carbons (Fsp3) is 0.562. The van der Waals surface area contributed by atoms with Gasteiger partial charge in [0, 0.05) is 24.9 Å². The number of nitrogens with two attached hydrogens (primary N) is 1. The molecular weight excluding hydrogens is 252 g/mol. The number of benzene rings is 1. The minimum atomic E-state index is -0.684. The lowest BCUT2D eigenvalue weighted by Gasteiger charge is -2.34.